The maximum atomic E-state index is 10.1. The molecule has 0 heterocycles. The molecule has 29 heavy (non-hydrogen) atoms. The van der Waals surface area contributed by atoms with Crippen LogP contribution in [-0.2, 0) is 33.5 Å². The Bertz CT molecular complexity index is 408. The molecule has 174 valence electrons. The molecule has 0 spiro atoms. The standard InChI is InChI=1S/C5H9NO2.2C3H7NO.C3H6O2.C2H3ClO.CH5N/c1-4(7)3-6-5(2)8;2*1-3(5)4-2;1-3(4)5-2;1-2(3)4;1-2/h3H2,1-2H3,(H,6,8);2*1-2H3,(H,4,5);1-2H3;1H3;2H2,1H3. The zero-order chi connectivity index (χ0) is 25.0. The van der Waals surface area contributed by atoms with E-state index in [4.69, 9.17) is 0 Å². The van der Waals surface area contributed by atoms with E-state index in [0.717, 1.165) is 0 Å². The predicted molar refractivity (Wildman–Crippen MR) is 113 cm³/mol. The van der Waals surface area contributed by atoms with Gasteiger partial charge in [0.05, 0.1) is 13.7 Å². The highest BCUT2D eigenvalue weighted by atomic mass is 35.5. The van der Waals surface area contributed by atoms with E-state index in [0.29, 0.717) is 0 Å². The topological polar surface area (TPSA) is 174 Å². The molecule has 0 unspecified atom stereocenters. The van der Waals surface area contributed by atoms with Crippen molar-refractivity contribution in [2.75, 3.05) is 34.8 Å². The lowest BCUT2D eigenvalue weighted by molar-refractivity contribution is -0.138. The zero-order valence-corrected chi connectivity index (χ0v) is 19.8. The molecule has 0 aromatic carbocycles. The molecule has 0 aromatic heterocycles. The van der Waals surface area contributed by atoms with E-state index in [1.807, 2.05) is 0 Å². The van der Waals surface area contributed by atoms with Crippen molar-refractivity contribution in [3.05, 3.63) is 0 Å². The summed E-state index contributed by atoms with van der Waals surface area (Å²) in [4.78, 5) is 58.4. The third kappa shape index (κ3) is 196. The van der Waals surface area contributed by atoms with Crippen molar-refractivity contribution in [3.63, 3.8) is 0 Å². The molecule has 0 saturated carbocycles. The van der Waals surface area contributed by atoms with Crippen LogP contribution in [0.1, 0.15) is 41.5 Å². The van der Waals surface area contributed by atoms with Gasteiger partial charge in [0.25, 0.3) is 0 Å². The fourth-order valence-electron chi connectivity index (χ4n) is 0.249. The minimum Gasteiger partial charge on any atom is -0.469 e. The summed E-state index contributed by atoms with van der Waals surface area (Å²) < 4.78 is 4.11. The van der Waals surface area contributed by atoms with Gasteiger partial charge in [-0.05, 0) is 25.6 Å². The second-order valence-electron chi connectivity index (χ2n) is 4.39. The number of nitrogens with two attached hydrogens (primary N) is 1. The molecule has 0 aromatic rings. The van der Waals surface area contributed by atoms with Gasteiger partial charge in [-0.2, -0.15) is 0 Å². The molecular weight excluding hydrogens is 408 g/mol. The minimum absolute atomic E-state index is 0.00463. The number of nitrogens with one attached hydrogen (secondary N) is 3. The van der Waals surface area contributed by atoms with E-state index >= 15 is 0 Å². The summed E-state index contributed by atoms with van der Waals surface area (Å²) in [5.41, 5.74) is 4.50. The van der Waals surface area contributed by atoms with Crippen LogP contribution < -0.4 is 21.7 Å². The second kappa shape index (κ2) is 36.4. The van der Waals surface area contributed by atoms with E-state index < -0.39 is 0 Å². The van der Waals surface area contributed by atoms with Crippen molar-refractivity contribution in [2.24, 2.45) is 5.73 Å². The first-order valence-electron chi connectivity index (χ1n) is 8.06. The van der Waals surface area contributed by atoms with Gasteiger partial charge >= 0.3 is 5.97 Å². The van der Waals surface area contributed by atoms with E-state index in [-0.39, 0.29) is 41.3 Å². The van der Waals surface area contributed by atoms with Crippen LogP contribution >= 0.6 is 11.6 Å². The van der Waals surface area contributed by atoms with Gasteiger partial charge in [-0.3, -0.25) is 28.8 Å². The number of carbonyl (C=O) groups excluding carboxylic acids is 6. The van der Waals surface area contributed by atoms with Gasteiger partial charge in [-0.25, -0.2) is 0 Å². The van der Waals surface area contributed by atoms with E-state index in [1.54, 1.807) is 14.1 Å². The van der Waals surface area contributed by atoms with Crippen molar-refractivity contribution in [3.8, 4) is 0 Å². The Morgan fingerprint density at radius 2 is 0.966 bits per heavy atom. The van der Waals surface area contributed by atoms with Crippen molar-refractivity contribution in [1.82, 2.24) is 16.0 Å². The highest BCUT2D eigenvalue weighted by Gasteiger charge is 1.91. The maximum absolute atomic E-state index is 10.1. The number of Topliss-reactive ketones (excluding diaryl/α,β-unsaturated/α-hetero) is 1. The number of methoxy groups -OCH3 is 1. The molecule has 0 fully saturated rings. The van der Waals surface area contributed by atoms with Gasteiger partial charge in [-0.15, -0.1) is 0 Å². The normalized spacial score (nSPS) is 6.90. The molecule has 5 N–H and O–H groups in total. The lowest BCUT2D eigenvalue weighted by atomic mass is 10.4. The molecule has 3 amide bonds. The van der Waals surface area contributed by atoms with Gasteiger partial charge in [0.1, 0.15) is 5.78 Å². The molecule has 0 aliphatic carbocycles. The number of rotatable bonds is 2. The van der Waals surface area contributed by atoms with E-state index in [2.05, 4.69) is 38.0 Å². The summed E-state index contributed by atoms with van der Waals surface area (Å²) >= 11 is 4.64. The summed E-state index contributed by atoms with van der Waals surface area (Å²) in [7, 11) is 6.05. The smallest absolute Gasteiger partial charge is 0.302 e. The van der Waals surface area contributed by atoms with Crippen molar-refractivity contribution >= 4 is 46.3 Å². The van der Waals surface area contributed by atoms with Crippen LogP contribution in [0.25, 0.3) is 0 Å². The predicted octanol–water partition coefficient (Wildman–Crippen LogP) is -0.258. The number of carbonyl (C=O) groups is 6. The van der Waals surface area contributed by atoms with Gasteiger partial charge in [-0.1, -0.05) is 0 Å². The number of ether oxygens (including phenoxy) is 1. The van der Waals surface area contributed by atoms with Crippen LogP contribution in [0.3, 0.4) is 0 Å². The highest BCUT2D eigenvalue weighted by molar-refractivity contribution is 6.62. The Morgan fingerprint density at radius 1 is 0.759 bits per heavy atom. The minimum atomic E-state index is -0.361. The first-order chi connectivity index (χ1) is 13.2. The molecular formula is C17H37ClN4O7. The number of hydrogen-bond acceptors (Lipinski definition) is 8. The fourth-order valence-corrected chi connectivity index (χ4v) is 0.249. The average molecular weight is 445 g/mol. The van der Waals surface area contributed by atoms with Crippen LogP contribution in [0.4, 0.5) is 0 Å². The quantitative estimate of drug-likeness (QED) is 0.333. The number of hydrogen-bond donors (Lipinski definition) is 4. The molecule has 0 aliphatic heterocycles. The average Bonchev–Trinajstić information content (AvgIpc) is 2.62. The molecule has 11 nitrogen and oxygen atoms in total. The van der Waals surface area contributed by atoms with Crippen LogP contribution in [0.2, 0.25) is 0 Å². The number of esters is 1. The number of halogens is 1. The molecule has 12 heteroatoms. The Labute approximate surface area is 178 Å². The van der Waals surface area contributed by atoms with E-state index in [9.17, 15) is 28.8 Å². The van der Waals surface area contributed by atoms with Gasteiger partial charge < -0.3 is 26.4 Å². The van der Waals surface area contributed by atoms with Crippen LogP contribution in [-0.4, -0.2) is 69.5 Å². The summed E-state index contributed by atoms with van der Waals surface area (Å²) in [5.74, 6) is -0.430. The summed E-state index contributed by atoms with van der Waals surface area (Å²) in [5, 5.41) is 6.77. The Balaban J connectivity index is -0.0000000569. The Morgan fingerprint density at radius 3 is 1.00 bits per heavy atom. The third-order valence-corrected chi connectivity index (χ3v) is 1.58. The zero-order valence-electron chi connectivity index (χ0n) is 19.0. The molecule has 0 radical (unpaired) electrons. The van der Waals surface area contributed by atoms with E-state index in [1.165, 1.54) is 55.7 Å². The van der Waals surface area contributed by atoms with Gasteiger partial charge in [0, 0.05) is 48.7 Å². The van der Waals surface area contributed by atoms with Crippen LogP contribution in [0.5, 0.6) is 0 Å². The second-order valence-corrected chi connectivity index (χ2v) is 4.92. The van der Waals surface area contributed by atoms with Gasteiger partial charge in [0.2, 0.25) is 23.0 Å². The largest absolute Gasteiger partial charge is 0.469 e. The first kappa shape index (κ1) is 41.0. The monoisotopic (exact) mass is 444 g/mol. The lowest BCUT2D eigenvalue weighted by Crippen LogP contribution is -2.25. The molecule has 0 saturated heterocycles. The third-order valence-electron chi connectivity index (χ3n) is 1.58. The number of amides is 3. The van der Waals surface area contributed by atoms with Crippen LogP contribution in [0.15, 0.2) is 0 Å². The Kier molecular flexibility index (Phi) is 51.4. The van der Waals surface area contributed by atoms with Crippen LogP contribution in [0, 0.1) is 0 Å². The lowest BCUT2D eigenvalue weighted by Gasteiger charge is -1.93. The summed E-state index contributed by atoms with van der Waals surface area (Å²) in [6.07, 6.45) is 0. The summed E-state index contributed by atoms with van der Waals surface area (Å²) in [6.45, 7) is 8.55. The van der Waals surface area contributed by atoms with Crippen molar-refractivity contribution in [2.45, 2.75) is 41.5 Å². The van der Waals surface area contributed by atoms with Crippen molar-refractivity contribution < 1.29 is 33.5 Å². The highest BCUT2D eigenvalue weighted by Crippen LogP contribution is 1.67. The molecule has 0 bridgehead atoms. The summed E-state index contributed by atoms with van der Waals surface area (Å²) in [6, 6.07) is 0. The fraction of sp³-hybridized carbons (Fsp3) is 0.647. The van der Waals surface area contributed by atoms with Gasteiger partial charge in [0.15, 0.2) is 0 Å². The number of ketones is 1. The molecule has 0 aliphatic rings. The maximum Gasteiger partial charge on any atom is 0.302 e. The SMILES string of the molecule is CC(=O)CNC(C)=O.CC(=O)Cl.CN.CNC(C)=O.CNC(C)=O.COC(C)=O. The molecule has 0 rings (SSSR count). The molecule has 0 atom stereocenters. The Hall–Kier alpha value is -2.53. The van der Waals surface area contributed by atoms with Crippen molar-refractivity contribution in [1.29, 1.82) is 0 Å². The first-order valence-corrected chi connectivity index (χ1v) is 8.44.